The number of aldehydes is 1. The van der Waals surface area contributed by atoms with Crippen molar-refractivity contribution >= 4 is 6.29 Å². The molecule has 94 valence electrons. The Hall–Kier alpha value is -2.18. The van der Waals surface area contributed by atoms with E-state index in [-0.39, 0.29) is 18.4 Å². The number of hydrogen-bond acceptors (Lipinski definition) is 3. The molecule has 0 aliphatic carbocycles. The van der Waals surface area contributed by atoms with Crippen LogP contribution in [0.1, 0.15) is 28.2 Å². The molecule has 0 aliphatic heterocycles. The molecule has 0 fully saturated rings. The van der Waals surface area contributed by atoms with Crippen LogP contribution in [0.2, 0.25) is 0 Å². The summed E-state index contributed by atoms with van der Waals surface area (Å²) in [7, 11) is 0. The summed E-state index contributed by atoms with van der Waals surface area (Å²) in [5.41, 5.74) is -0.837. The first kappa shape index (κ1) is 12.3. The minimum atomic E-state index is -2.90. The molecule has 0 N–H and O–H groups in total. The fourth-order valence-electron chi connectivity index (χ4n) is 1.55. The highest BCUT2D eigenvalue weighted by molar-refractivity contribution is 5.73. The minimum absolute atomic E-state index is 0.196. The van der Waals surface area contributed by atoms with Gasteiger partial charge in [0, 0.05) is 5.56 Å². The van der Waals surface area contributed by atoms with Gasteiger partial charge in [-0.25, -0.2) is 17.9 Å². The number of halogens is 3. The third-order valence-electron chi connectivity index (χ3n) is 2.40. The average Bonchev–Trinajstić information content (AvgIpc) is 2.75. The fraction of sp³-hybridized carbons (Fsp3) is 0.182. The Kier molecular flexibility index (Phi) is 3.40. The van der Waals surface area contributed by atoms with Gasteiger partial charge in [0.25, 0.3) is 6.43 Å². The number of aromatic nitrogens is 3. The zero-order valence-corrected chi connectivity index (χ0v) is 9.05. The Morgan fingerprint density at radius 1 is 1.33 bits per heavy atom. The van der Waals surface area contributed by atoms with Gasteiger partial charge in [0.15, 0.2) is 12.0 Å². The maximum atomic E-state index is 13.4. The van der Waals surface area contributed by atoms with E-state index in [0.717, 1.165) is 4.68 Å². The van der Waals surface area contributed by atoms with Crippen LogP contribution in [0.4, 0.5) is 13.2 Å². The second kappa shape index (κ2) is 4.99. The lowest BCUT2D eigenvalue weighted by Crippen LogP contribution is -2.09. The quantitative estimate of drug-likeness (QED) is 0.787. The van der Waals surface area contributed by atoms with Crippen molar-refractivity contribution in [2.24, 2.45) is 0 Å². The van der Waals surface area contributed by atoms with Crippen molar-refractivity contribution in [2.45, 2.75) is 13.0 Å². The average molecular weight is 255 g/mol. The van der Waals surface area contributed by atoms with Crippen molar-refractivity contribution in [1.82, 2.24) is 15.0 Å². The predicted molar refractivity (Wildman–Crippen MR) is 55.9 cm³/mol. The molecule has 0 saturated carbocycles. The van der Waals surface area contributed by atoms with E-state index in [2.05, 4.69) is 10.3 Å². The number of alkyl halides is 2. The molecule has 0 saturated heterocycles. The van der Waals surface area contributed by atoms with Crippen molar-refractivity contribution in [1.29, 1.82) is 0 Å². The fourth-order valence-corrected chi connectivity index (χ4v) is 1.55. The van der Waals surface area contributed by atoms with Gasteiger partial charge >= 0.3 is 0 Å². The van der Waals surface area contributed by atoms with Gasteiger partial charge in [-0.3, -0.25) is 4.79 Å². The second-order valence-corrected chi connectivity index (χ2v) is 3.53. The summed E-state index contributed by atoms with van der Waals surface area (Å²) in [5.74, 6) is -0.527. The van der Waals surface area contributed by atoms with Gasteiger partial charge in [0.2, 0.25) is 0 Å². The zero-order valence-electron chi connectivity index (χ0n) is 9.05. The molecule has 0 bridgehead atoms. The standard InChI is InChI=1S/C11H8F3N3O/c12-8-4-2-1-3-7(8)5-17-10(11(13)14)9(6-18)15-16-17/h1-4,6,11H,5H2. The largest absolute Gasteiger partial charge is 0.296 e. The molecule has 0 spiro atoms. The summed E-state index contributed by atoms with van der Waals surface area (Å²) < 4.78 is 39.7. The number of benzene rings is 1. The van der Waals surface area contributed by atoms with Gasteiger partial charge in [-0.1, -0.05) is 23.4 Å². The van der Waals surface area contributed by atoms with E-state index in [1.807, 2.05) is 0 Å². The third-order valence-corrected chi connectivity index (χ3v) is 2.40. The molecule has 1 heterocycles. The Morgan fingerprint density at radius 2 is 2.06 bits per heavy atom. The highest BCUT2D eigenvalue weighted by Gasteiger charge is 2.21. The molecule has 1 aromatic carbocycles. The van der Waals surface area contributed by atoms with Gasteiger partial charge in [-0.05, 0) is 6.07 Å². The monoisotopic (exact) mass is 255 g/mol. The van der Waals surface area contributed by atoms with Crippen LogP contribution in [0.15, 0.2) is 24.3 Å². The topological polar surface area (TPSA) is 47.8 Å². The van der Waals surface area contributed by atoms with Crippen molar-refractivity contribution in [3.05, 3.63) is 47.0 Å². The Bertz CT molecular complexity index is 568. The lowest BCUT2D eigenvalue weighted by molar-refractivity contribution is 0.109. The first-order valence-electron chi connectivity index (χ1n) is 5.03. The summed E-state index contributed by atoms with van der Waals surface area (Å²) >= 11 is 0. The highest BCUT2D eigenvalue weighted by Crippen LogP contribution is 2.21. The first-order valence-corrected chi connectivity index (χ1v) is 5.03. The Labute approximate surface area is 100 Å². The van der Waals surface area contributed by atoms with Crippen LogP contribution in [0.5, 0.6) is 0 Å². The molecular formula is C11H8F3N3O. The van der Waals surface area contributed by atoms with E-state index >= 15 is 0 Å². The second-order valence-electron chi connectivity index (χ2n) is 3.53. The van der Waals surface area contributed by atoms with Crippen LogP contribution >= 0.6 is 0 Å². The molecule has 0 radical (unpaired) electrons. The minimum Gasteiger partial charge on any atom is -0.296 e. The predicted octanol–water partition coefficient (Wildman–Crippen LogP) is 2.22. The molecule has 0 unspecified atom stereocenters. The summed E-state index contributed by atoms with van der Waals surface area (Å²) in [5, 5.41) is 6.76. The molecular weight excluding hydrogens is 247 g/mol. The summed E-state index contributed by atoms with van der Waals surface area (Å²) in [4.78, 5) is 10.5. The Morgan fingerprint density at radius 3 is 2.67 bits per heavy atom. The molecule has 1 aromatic heterocycles. The van der Waals surface area contributed by atoms with E-state index in [1.165, 1.54) is 18.2 Å². The van der Waals surface area contributed by atoms with E-state index in [0.29, 0.717) is 0 Å². The number of carbonyl (C=O) groups excluding carboxylic acids is 1. The molecule has 7 heteroatoms. The lowest BCUT2D eigenvalue weighted by Gasteiger charge is -2.06. The maximum absolute atomic E-state index is 13.4. The van der Waals surface area contributed by atoms with Crippen LogP contribution in [-0.4, -0.2) is 21.3 Å². The van der Waals surface area contributed by atoms with Crippen LogP contribution in [0.25, 0.3) is 0 Å². The molecule has 18 heavy (non-hydrogen) atoms. The molecule has 0 atom stereocenters. The van der Waals surface area contributed by atoms with Crippen LogP contribution in [0, 0.1) is 5.82 Å². The van der Waals surface area contributed by atoms with Gasteiger partial charge < -0.3 is 0 Å². The van der Waals surface area contributed by atoms with Crippen molar-refractivity contribution in [3.63, 3.8) is 0 Å². The van der Waals surface area contributed by atoms with Crippen molar-refractivity contribution < 1.29 is 18.0 Å². The van der Waals surface area contributed by atoms with Gasteiger partial charge in [-0.15, -0.1) is 5.10 Å². The first-order chi connectivity index (χ1) is 8.63. The maximum Gasteiger partial charge on any atom is 0.282 e. The summed E-state index contributed by atoms with van der Waals surface area (Å²) in [6.45, 7) is -0.201. The normalized spacial score (nSPS) is 10.9. The number of nitrogens with zero attached hydrogens (tertiary/aromatic N) is 3. The van der Waals surface area contributed by atoms with Crippen LogP contribution in [-0.2, 0) is 6.54 Å². The van der Waals surface area contributed by atoms with Crippen molar-refractivity contribution in [3.8, 4) is 0 Å². The zero-order chi connectivity index (χ0) is 13.1. The van der Waals surface area contributed by atoms with Gasteiger partial charge in [-0.2, -0.15) is 0 Å². The SMILES string of the molecule is O=Cc1nnn(Cc2ccccc2F)c1C(F)F. The summed E-state index contributed by atoms with van der Waals surface area (Å²) in [6.07, 6.45) is -2.70. The van der Waals surface area contributed by atoms with Gasteiger partial charge in [0.05, 0.1) is 6.54 Å². The molecule has 4 nitrogen and oxygen atoms in total. The lowest BCUT2D eigenvalue weighted by atomic mass is 10.2. The van der Waals surface area contributed by atoms with Crippen molar-refractivity contribution in [2.75, 3.05) is 0 Å². The number of hydrogen-bond donors (Lipinski definition) is 0. The van der Waals surface area contributed by atoms with E-state index in [1.54, 1.807) is 6.07 Å². The Balaban J connectivity index is 2.38. The van der Waals surface area contributed by atoms with E-state index < -0.39 is 23.6 Å². The number of rotatable bonds is 4. The number of carbonyl (C=O) groups is 1. The summed E-state index contributed by atoms with van der Waals surface area (Å²) in [6, 6.07) is 5.74. The molecule has 0 aliphatic rings. The molecule has 0 amide bonds. The molecule has 2 aromatic rings. The highest BCUT2D eigenvalue weighted by atomic mass is 19.3. The van der Waals surface area contributed by atoms with E-state index in [9.17, 15) is 18.0 Å². The van der Waals surface area contributed by atoms with Crippen LogP contribution < -0.4 is 0 Å². The third kappa shape index (κ3) is 2.24. The van der Waals surface area contributed by atoms with E-state index in [4.69, 9.17) is 0 Å². The van der Waals surface area contributed by atoms with Crippen LogP contribution in [0.3, 0.4) is 0 Å². The molecule has 2 rings (SSSR count). The van der Waals surface area contributed by atoms with Gasteiger partial charge in [0.1, 0.15) is 11.5 Å². The smallest absolute Gasteiger partial charge is 0.282 e.